The van der Waals surface area contributed by atoms with Crippen molar-refractivity contribution in [2.45, 2.75) is 19.4 Å². The number of nitrogens with zero attached hydrogens (tertiary/aromatic N) is 2. The van der Waals surface area contributed by atoms with E-state index in [1.807, 2.05) is 11.4 Å². The zero-order valence-corrected chi connectivity index (χ0v) is 19.0. The molecule has 0 N–H and O–H groups in total. The van der Waals surface area contributed by atoms with Crippen LogP contribution in [0.15, 0.2) is 60.0 Å². The smallest absolute Gasteiger partial charge is 0.254 e. The maximum Gasteiger partial charge on any atom is 0.254 e. The first-order valence-electron chi connectivity index (χ1n) is 10.7. The van der Waals surface area contributed by atoms with Crippen LogP contribution in [-0.2, 0) is 11.2 Å². The van der Waals surface area contributed by atoms with Gasteiger partial charge in [-0.2, -0.15) is 0 Å². The number of amides is 2. The highest BCUT2D eigenvalue weighted by Crippen LogP contribution is 2.34. The van der Waals surface area contributed by atoms with E-state index in [-0.39, 0.29) is 30.7 Å². The number of carbonyl (C=O) groups excluding carboxylic acids is 2. The molecule has 0 bridgehead atoms. The average molecular weight is 471 g/mol. The van der Waals surface area contributed by atoms with Crippen LogP contribution in [0.2, 0.25) is 0 Å². The summed E-state index contributed by atoms with van der Waals surface area (Å²) >= 11 is 1.64. The summed E-state index contributed by atoms with van der Waals surface area (Å²) in [7, 11) is 0. The molecule has 8 heteroatoms. The molecule has 5 nitrogen and oxygen atoms in total. The first-order valence-corrected chi connectivity index (χ1v) is 11.6. The number of thiophene rings is 1. The molecule has 1 unspecified atom stereocenters. The lowest BCUT2D eigenvalue weighted by atomic mass is 10.0. The van der Waals surface area contributed by atoms with E-state index in [9.17, 15) is 18.4 Å². The van der Waals surface area contributed by atoms with Gasteiger partial charge in [0.2, 0.25) is 5.91 Å². The van der Waals surface area contributed by atoms with Crippen LogP contribution in [0.3, 0.4) is 0 Å². The van der Waals surface area contributed by atoms with Gasteiger partial charge in [-0.05, 0) is 60.7 Å². The zero-order chi connectivity index (χ0) is 23.4. The van der Waals surface area contributed by atoms with Crippen LogP contribution in [0, 0.1) is 11.6 Å². The normalized spacial score (nSPS) is 15.1. The molecule has 2 aromatic carbocycles. The Balaban J connectivity index is 1.51. The molecule has 1 aromatic heterocycles. The summed E-state index contributed by atoms with van der Waals surface area (Å²) in [6.07, 6.45) is 0.721. The Kier molecular flexibility index (Phi) is 7.03. The fourth-order valence-corrected chi connectivity index (χ4v) is 4.92. The van der Waals surface area contributed by atoms with Gasteiger partial charge in [-0.1, -0.05) is 12.1 Å². The van der Waals surface area contributed by atoms with Crippen LogP contribution >= 0.6 is 11.3 Å². The van der Waals surface area contributed by atoms with Crippen molar-refractivity contribution in [3.8, 4) is 5.75 Å². The van der Waals surface area contributed by atoms with Gasteiger partial charge in [-0.3, -0.25) is 9.59 Å². The van der Waals surface area contributed by atoms with Crippen LogP contribution in [0.4, 0.5) is 8.78 Å². The number of hydrogen-bond donors (Lipinski definition) is 0. The molecule has 0 aliphatic carbocycles. The van der Waals surface area contributed by atoms with Crippen molar-refractivity contribution in [1.29, 1.82) is 0 Å². The summed E-state index contributed by atoms with van der Waals surface area (Å²) in [5.41, 5.74) is 1.21. The lowest BCUT2D eigenvalue weighted by Crippen LogP contribution is -2.47. The van der Waals surface area contributed by atoms with Crippen molar-refractivity contribution in [3.63, 3.8) is 0 Å². The standard InChI is InChI=1S/C25H24F2N2O3S/c1-2-28(25(31)17-5-3-6-18(26)13-17)15-24(30)29-11-9-23-21(10-12-33-23)22(29)16-32-20-8-4-7-19(27)14-20/h3-8,10,12-14,22H,2,9,11,15-16H2,1H3. The van der Waals surface area contributed by atoms with Gasteiger partial charge in [0.1, 0.15) is 30.5 Å². The molecule has 1 aliphatic heterocycles. The number of likely N-dealkylation sites (N-methyl/N-ethyl adjacent to an activating group) is 1. The number of carbonyl (C=O) groups is 2. The summed E-state index contributed by atoms with van der Waals surface area (Å²) in [5.74, 6) is -1.12. The summed E-state index contributed by atoms with van der Waals surface area (Å²) in [5, 5.41) is 1.99. The maximum absolute atomic E-state index is 13.6. The number of fused-ring (bicyclic) bond motifs is 1. The van der Waals surface area contributed by atoms with Gasteiger partial charge in [0, 0.05) is 29.6 Å². The molecule has 0 saturated heterocycles. The Bertz CT molecular complexity index is 1150. The third kappa shape index (κ3) is 5.22. The summed E-state index contributed by atoms with van der Waals surface area (Å²) in [6, 6.07) is 13.0. The second-order valence-corrected chi connectivity index (χ2v) is 8.75. The molecule has 0 radical (unpaired) electrons. The fraction of sp³-hybridized carbons (Fsp3) is 0.280. The van der Waals surface area contributed by atoms with Crippen LogP contribution in [-0.4, -0.2) is 47.9 Å². The topological polar surface area (TPSA) is 49.9 Å². The second kappa shape index (κ2) is 10.1. The number of benzene rings is 2. The van der Waals surface area contributed by atoms with Gasteiger partial charge in [-0.25, -0.2) is 8.78 Å². The largest absolute Gasteiger partial charge is 0.491 e. The number of rotatable bonds is 7. The van der Waals surface area contributed by atoms with E-state index in [1.54, 1.807) is 35.3 Å². The van der Waals surface area contributed by atoms with E-state index in [2.05, 4.69) is 0 Å². The Morgan fingerprint density at radius 2 is 1.88 bits per heavy atom. The maximum atomic E-state index is 13.6. The molecule has 4 rings (SSSR count). The quantitative estimate of drug-likeness (QED) is 0.503. The van der Waals surface area contributed by atoms with Crippen molar-refractivity contribution in [3.05, 3.63) is 87.6 Å². The molecule has 2 amide bonds. The molecule has 0 spiro atoms. The van der Waals surface area contributed by atoms with Crippen molar-refractivity contribution in [1.82, 2.24) is 9.80 Å². The van der Waals surface area contributed by atoms with Gasteiger partial charge in [0.05, 0.1) is 6.04 Å². The molecule has 3 aromatic rings. The molecular weight excluding hydrogens is 446 g/mol. The Hall–Kier alpha value is -3.26. The lowest BCUT2D eigenvalue weighted by Gasteiger charge is -2.37. The summed E-state index contributed by atoms with van der Waals surface area (Å²) in [6.45, 7) is 2.63. The zero-order valence-electron chi connectivity index (χ0n) is 18.2. The van der Waals surface area contributed by atoms with Crippen LogP contribution in [0.25, 0.3) is 0 Å². The minimum absolute atomic E-state index is 0.123. The minimum atomic E-state index is -0.501. The Morgan fingerprint density at radius 1 is 1.12 bits per heavy atom. The molecular formula is C25H24F2N2O3S. The van der Waals surface area contributed by atoms with Crippen molar-refractivity contribution < 1.29 is 23.1 Å². The highest BCUT2D eigenvalue weighted by atomic mass is 32.1. The van der Waals surface area contributed by atoms with E-state index in [0.717, 1.165) is 12.0 Å². The minimum Gasteiger partial charge on any atom is -0.491 e. The molecule has 1 aliphatic rings. The van der Waals surface area contributed by atoms with Gasteiger partial charge in [-0.15, -0.1) is 11.3 Å². The Labute approximate surface area is 195 Å². The third-order valence-electron chi connectivity index (χ3n) is 5.69. The predicted molar refractivity (Wildman–Crippen MR) is 122 cm³/mol. The van der Waals surface area contributed by atoms with Gasteiger partial charge in [0.15, 0.2) is 0 Å². The van der Waals surface area contributed by atoms with Crippen molar-refractivity contribution >= 4 is 23.2 Å². The summed E-state index contributed by atoms with van der Waals surface area (Å²) in [4.78, 5) is 30.5. The first kappa shape index (κ1) is 22.9. The van der Waals surface area contributed by atoms with E-state index < -0.39 is 17.5 Å². The molecule has 33 heavy (non-hydrogen) atoms. The lowest BCUT2D eigenvalue weighted by molar-refractivity contribution is -0.135. The van der Waals surface area contributed by atoms with E-state index >= 15 is 0 Å². The second-order valence-electron chi connectivity index (χ2n) is 7.75. The van der Waals surface area contributed by atoms with Crippen molar-refractivity contribution in [2.75, 3.05) is 26.2 Å². The third-order valence-corrected chi connectivity index (χ3v) is 6.68. The highest BCUT2D eigenvalue weighted by molar-refractivity contribution is 7.10. The van der Waals surface area contributed by atoms with Crippen molar-refractivity contribution in [2.24, 2.45) is 0 Å². The van der Waals surface area contributed by atoms with Crippen LogP contribution in [0.1, 0.15) is 33.8 Å². The molecule has 2 heterocycles. The van der Waals surface area contributed by atoms with Gasteiger partial charge >= 0.3 is 0 Å². The van der Waals surface area contributed by atoms with Crippen LogP contribution < -0.4 is 4.74 Å². The number of halogens is 2. The SMILES string of the molecule is CCN(CC(=O)N1CCc2sccc2C1COc1cccc(F)c1)C(=O)c1cccc(F)c1. The Morgan fingerprint density at radius 3 is 2.61 bits per heavy atom. The number of ether oxygens (including phenoxy) is 1. The summed E-state index contributed by atoms with van der Waals surface area (Å²) < 4.78 is 33.0. The average Bonchev–Trinajstić information content (AvgIpc) is 3.29. The molecule has 1 atom stereocenters. The van der Waals surface area contributed by atoms with E-state index in [0.29, 0.717) is 18.8 Å². The first-order chi connectivity index (χ1) is 16.0. The monoisotopic (exact) mass is 470 g/mol. The van der Waals surface area contributed by atoms with E-state index in [1.165, 1.54) is 46.2 Å². The highest BCUT2D eigenvalue weighted by Gasteiger charge is 2.33. The van der Waals surface area contributed by atoms with E-state index in [4.69, 9.17) is 4.74 Å². The van der Waals surface area contributed by atoms with Gasteiger partial charge in [0.25, 0.3) is 5.91 Å². The predicted octanol–water partition coefficient (Wildman–Crippen LogP) is 4.69. The number of hydrogen-bond acceptors (Lipinski definition) is 4. The van der Waals surface area contributed by atoms with Gasteiger partial charge < -0.3 is 14.5 Å². The molecule has 172 valence electrons. The molecule has 0 fully saturated rings. The van der Waals surface area contributed by atoms with Crippen LogP contribution in [0.5, 0.6) is 5.75 Å². The molecule has 0 saturated carbocycles. The fourth-order valence-electron chi connectivity index (χ4n) is 3.99.